The fraction of sp³-hybridized carbons (Fsp3) is 0.115. The molecule has 9 heteroatoms. The molecule has 3 aromatic carbocycles. The average Bonchev–Trinajstić information content (AvgIpc) is 3.42. The van der Waals surface area contributed by atoms with E-state index in [-0.39, 0.29) is 16.8 Å². The third-order valence-electron chi connectivity index (χ3n) is 6.06. The van der Waals surface area contributed by atoms with E-state index < -0.39 is 11.9 Å². The first-order chi connectivity index (χ1) is 17.0. The van der Waals surface area contributed by atoms with Crippen molar-refractivity contribution >= 4 is 55.2 Å². The molecular formula is C26H17ClN2O5S. The summed E-state index contributed by atoms with van der Waals surface area (Å²) >= 11 is 7.50. The lowest BCUT2D eigenvalue weighted by molar-refractivity contribution is 0.0971. The number of aromatic nitrogens is 1. The molecule has 1 aliphatic heterocycles. The SMILES string of the molecule is COc1ccc2nc(N3C(=O)c4oc5ccc(Cl)cc5c(=O)c4[C@H]3c3ccccc3OC)sc2c1. The van der Waals surface area contributed by atoms with Crippen molar-refractivity contribution in [2.75, 3.05) is 19.1 Å². The van der Waals surface area contributed by atoms with Crippen LogP contribution in [0.1, 0.15) is 27.7 Å². The molecule has 0 fully saturated rings. The van der Waals surface area contributed by atoms with Gasteiger partial charge in [0.15, 0.2) is 10.6 Å². The number of ether oxygens (including phenoxy) is 2. The summed E-state index contributed by atoms with van der Waals surface area (Å²) in [6.07, 6.45) is 0. The fourth-order valence-corrected chi connectivity index (χ4v) is 5.64. The number of amides is 1. The maximum absolute atomic E-state index is 13.8. The van der Waals surface area contributed by atoms with E-state index in [4.69, 9.17) is 30.5 Å². The van der Waals surface area contributed by atoms with Gasteiger partial charge < -0.3 is 13.9 Å². The maximum Gasteiger partial charge on any atom is 0.297 e. The molecule has 35 heavy (non-hydrogen) atoms. The number of thiazole rings is 1. The van der Waals surface area contributed by atoms with Crippen LogP contribution in [0.4, 0.5) is 5.13 Å². The van der Waals surface area contributed by atoms with Crippen molar-refractivity contribution in [3.05, 3.63) is 92.8 Å². The van der Waals surface area contributed by atoms with Gasteiger partial charge in [-0.25, -0.2) is 4.98 Å². The molecule has 6 rings (SSSR count). The second-order valence-electron chi connectivity index (χ2n) is 7.96. The molecule has 0 saturated carbocycles. The predicted octanol–water partition coefficient (Wildman–Crippen LogP) is 5.82. The van der Waals surface area contributed by atoms with Gasteiger partial charge in [-0.05, 0) is 42.5 Å². The van der Waals surface area contributed by atoms with Crippen molar-refractivity contribution < 1.29 is 18.7 Å². The third kappa shape index (κ3) is 3.29. The molecule has 0 bridgehead atoms. The molecule has 0 aliphatic carbocycles. The Labute approximate surface area is 208 Å². The summed E-state index contributed by atoms with van der Waals surface area (Å²) in [5.41, 5.74) is 1.56. The van der Waals surface area contributed by atoms with E-state index in [0.717, 1.165) is 4.70 Å². The molecule has 5 aromatic rings. The van der Waals surface area contributed by atoms with E-state index in [0.29, 0.717) is 43.7 Å². The summed E-state index contributed by atoms with van der Waals surface area (Å²) in [7, 11) is 3.14. The largest absolute Gasteiger partial charge is 0.497 e. The van der Waals surface area contributed by atoms with Gasteiger partial charge in [0, 0.05) is 10.6 Å². The van der Waals surface area contributed by atoms with E-state index in [1.807, 2.05) is 36.4 Å². The van der Waals surface area contributed by atoms with E-state index in [9.17, 15) is 9.59 Å². The van der Waals surface area contributed by atoms with Crippen molar-refractivity contribution in [1.29, 1.82) is 0 Å². The average molecular weight is 505 g/mol. The highest BCUT2D eigenvalue weighted by atomic mass is 35.5. The van der Waals surface area contributed by atoms with Gasteiger partial charge >= 0.3 is 0 Å². The molecule has 0 unspecified atom stereocenters. The Morgan fingerprint density at radius 3 is 2.66 bits per heavy atom. The fourth-order valence-electron chi connectivity index (χ4n) is 4.45. The Morgan fingerprint density at radius 2 is 1.86 bits per heavy atom. The molecule has 0 spiro atoms. The highest BCUT2D eigenvalue weighted by Gasteiger charge is 2.46. The smallest absolute Gasteiger partial charge is 0.297 e. The van der Waals surface area contributed by atoms with Crippen molar-refractivity contribution in [2.24, 2.45) is 0 Å². The molecule has 1 amide bonds. The van der Waals surface area contributed by atoms with Gasteiger partial charge in [0.05, 0.1) is 35.4 Å². The molecule has 3 heterocycles. The van der Waals surface area contributed by atoms with Crippen LogP contribution < -0.4 is 19.8 Å². The number of hydrogen-bond acceptors (Lipinski definition) is 7. The Morgan fingerprint density at radius 1 is 1.03 bits per heavy atom. The number of fused-ring (bicyclic) bond motifs is 3. The van der Waals surface area contributed by atoms with Gasteiger partial charge in [-0.2, -0.15) is 0 Å². The van der Waals surface area contributed by atoms with Crippen LogP contribution in [0.15, 0.2) is 69.9 Å². The zero-order chi connectivity index (χ0) is 24.3. The maximum atomic E-state index is 13.8. The lowest BCUT2D eigenvalue weighted by Gasteiger charge is -2.24. The zero-order valence-electron chi connectivity index (χ0n) is 18.6. The minimum Gasteiger partial charge on any atom is -0.497 e. The number of anilines is 1. The minimum atomic E-state index is -0.796. The normalized spacial score (nSPS) is 15.1. The lowest BCUT2D eigenvalue weighted by atomic mass is 9.98. The summed E-state index contributed by atoms with van der Waals surface area (Å²) in [6.45, 7) is 0. The van der Waals surface area contributed by atoms with Crippen LogP contribution in [-0.4, -0.2) is 25.1 Å². The summed E-state index contributed by atoms with van der Waals surface area (Å²) in [5, 5.41) is 1.14. The number of methoxy groups -OCH3 is 2. The van der Waals surface area contributed by atoms with Crippen molar-refractivity contribution in [1.82, 2.24) is 4.98 Å². The van der Waals surface area contributed by atoms with Crippen LogP contribution in [0.25, 0.3) is 21.2 Å². The number of carbonyl (C=O) groups is 1. The van der Waals surface area contributed by atoms with E-state index in [2.05, 4.69) is 0 Å². The first-order valence-electron chi connectivity index (χ1n) is 10.7. The first kappa shape index (κ1) is 21.6. The van der Waals surface area contributed by atoms with Crippen molar-refractivity contribution in [2.45, 2.75) is 6.04 Å². The van der Waals surface area contributed by atoms with Crippen molar-refractivity contribution in [3.8, 4) is 11.5 Å². The van der Waals surface area contributed by atoms with Crippen LogP contribution in [0.5, 0.6) is 11.5 Å². The van der Waals surface area contributed by atoms with Gasteiger partial charge in [-0.3, -0.25) is 14.5 Å². The second kappa shape index (κ2) is 8.11. The van der Waals surface area contributed by atoms with E-state index >= 15 is 0 Å². The summed E-state index contributed by atoms with van der Waals surface area (Å²) in [4.78, 5) is 33.8. The number of benzene rings is 3. The number of halogens is 1. The van der Waals surface area contributed by atoms with Gasteiger partial charge in [-0.15, -0.1) is 0 Å². The quantitative estimate of drug-likeness (QED) is 0.306. The monoisotopic (exact) mass is 504 g/mol. The van der Waals surface area contributed by atoms with Crippen molar-refractivity contribution in [3.63, 3.8) is 0 Å². The molecule has 1 aliphatic rings. The van der Waals surface area contributed by atoms with Crippen LogP contribution in [-0.2, 0) is 0 Å². The Kier molecular flexibility index (Phi) is 5.01. The van der Waals surface area contributed by atoms with E-state index in [1.54, 1.807) is 38.5 Å². The number of para-hydroxylation sites is 1. The third-order valence-corrected chi connectivity index (χ3v) is 7.31. The van der Waals surface area contributed by atoms with Crippen LogP contribution >= 0.6 is 22.9 Å². The summed E-state index contributed by atoms with van der Waals surface area (Å²) < 4.78 is 17.8. The highest BCUT2D eigenvalue weighted by molar-refractivity contribution is 7.22. The molecule has 2 aromatic heterocycles. The number of carbonyl (C=O) groups excluding carboxylic acids is 1. The number of rotatable bonds is 4. The topological polar surface area (TPSA) is 81.9 Å². The van der Waals surface area contributed by atoms with Gasteiger partial charge in [0.1, 0.15) is 23.1 Å². The van der Waals surface area contributed by atoms with Crippen LogP contribution in [0, 0.1) is 0 Å². The van der Waals surface area contributed by atoms with Gasteiger partial charge in [0.25, 0.3) is 5.91 Å². The zero-order valence-corrected chi connectivity index (χ0v) is 20.1. The number of hydrogen-bond donors (Lipinski definition) is 0. The standard InChI is InChI=1S/C26H17ClN2O5S/c1-32-14-8-9-17-20(12-14)35-26(28-17)29-22(15-5-3-4-6-18(15)33-2)21-23(30)16-11-13(27)7-10-19(16)34-24(21)25(29)31/h3-12,22H,1-2H3/t22-/m1/s1. The van der Waals surface area contributed by atoms with Crippen LogP contribution in [0.3, 0.4) is 0 Å². The van der Waals surface area contributed by atoms with Gasteiger partial charge in [-0.1, -0.05) is 41.1 Å². The molecule has 0 N–H and O–H groups in total. The number of nitrogens with zero attached hydrogens (tertiary/aromatic N) is 2. The van der Waals surface area contributed by atoms with Gasteiger partial charge in [0.2, 0.25) is 5.76 Å². The minimum absolute atomic E-state index is 0.0161. The van der Waals surface area contributed by atoms with Crippen LogP contribution in [0.2, 0.25) is 5.02 Å². The summed E-state index contributed by atoms with van der Waals surface area (Å²) in [6, 6.07) is 16.8. The Hall–Kier alpha value is -3.88. The molecule has 0 radical (unpaired) electrons. The molecule has 0 saturated heterocycles. The lowest BCUT2D eigenvalue weighted by Crippen LogP contribution is -2.29. The molecule has 174 valence electrons. The predicted molar refractivity (Wildman–Crippen MR) is 135 cm³/mol. The van der Waals surface area contributed by atoms with E-state index in [1.165, 1.54) is 16.2 Å². The Bertz CT molecular complexity index is 1710. The molecule has 7 nitrogen and oxygen atoms in total. The molecular weight excluding hydrogens is 488 g/mol. The first-order valence-corrected chi connectivity index (χ1v) is 11.9. The second-order valence-corrected chi connectivity index (χ2v) is 9.41. The summed E-state index contributed by atoms with van der Waals surface area (Å²) in [5.74, 6) is 0.759. The molecule has 1 atom stereocenters. The Balaban J connectivity index is 1.64. The highest BCUT2D eigenvalue weighted by Crippen LogP contribution is 2.46.